The summed E-state index contributed by atoms with van der Waals surface area (Å²) in [5, 5.41) is 0. The van der Waals surface area contributed by atoms with Crippen molar-refractivity contribution in [2.24, 2.45) is 5.73 Å². The standard InChI is InChI=1S/C7H9N/c1-4-6(3)7(8)5-2/h1,5H,2,8H2,3H3/b7-6-. The zero-order chi connectivity index (χ0) is 6.57. The maximum Gasteiger partial charge on any atom is 0.0422 e. The first-order chi connectivity index (χ1) is 3.72. The van der Waals surface area contributed by atoms with E-state index in [9.17, 15) is 0 Å². The van der Waals surface area contributed by atoms with Crippen molar-refractivity contribution < 1.29 is 0 Å². The van der Waals surface area contributed by atoms with Crippen molar-refractivity contribution in [3.05, 3.63) is 23.9 Å². The molecular weight excluding hydrogens is 98.1 g/mol. The third-order valence-electron chi connectivity index (χ3n) is 0.869. The molecule has 0 spiro atoms. The summed E-state index contributed by atoms with van der Waals surface area (Å²) in [7, 11) is 0. The quantitative estimate of drug-likeness (QED) is 0.393. The highest BCUT2D eigenvalue weighted by Gasteiger charge is 1.83. The van der Waals surface area contributed by atoms with Crippen LogP contribution in [0.3, 0.4) is 0 Å². The van der Waals surface area contributed by atoms with Gasteiger partial charge in [-0.2, -0.15) is 0 Å². The van der Waals surface area contributed by atoms with Gasteiger partial charge in [0.05, 0.1) is 0 Å². The van der Waals surface area contributed by atoms with Gasteiger partial charge in [-0.15, -0.1) is 6.42 Å². The second-order valence-corrected chi connectivity index (χ2v) is 1.43. The smallest absolute Gasteiger partial charge is 0.0422 e. The zero-order valence-corrected chi connectivity index (χ0v) is 4.94. The number of rotatable bonds is 1. The number of hydrogen-bond acceptors (Lipinski definition) is 1. The molecule has 0 aliphatic heterocycles. The van der Waals surface area contributed by atoms with Crippen LogP contribution in [-0.2, 0) is 0 Å². The number of nitrogens with two attached hydrogens (primary N) is 1. The molecule has 2 N–H and O–H groups in total. The van der Waals surface area contributed by atoms with Crippen molar-refractivity contribution in [2.45, 2.75) is 6.92 Å². The van der Waals surface area contributed by atoms with Crippen molar-refractivity contribution in [3.8, 4) is 12.3 Å². The molecule has 0 bridgehead atoms. The lowest BCUT2D eigenvalue weighted by Crippen LogP contribution is -1.94. The van der Waals surface area contributed by atoms with Gasteiger partial charge in [-0.25, -0.2) is 0 Å². The highest BCUT2D eigenvalue weighted by molar-refractivity contribution is 5.32. The molecule has 0 aromatic heterocycles. The molecule has 0 rings (SSSR count). The van der Waals surface area contributed by atoms with E-state index in [1.807, 2.05) is 0 Å². The number of hydrogen-bond donors (Lipinski definition) is 1. The molecule has 0 radical (unpaired) electrons. The van der Waals surface area contributed by atoms with Crippen LogP contribution in [0.5, 0.6) is 0 Å². The van der Waals surface area contributed by atoms with E-state index in [-0.39, 0.29) is 0 Å². The highest BCUT2D eigenvalue weighted by Crippen LogP contribution is 1.94. The van der Waals surface area contributed by atoms with Crippen LogP contribution < -0.4 is 5.73 Å². The molecule has 0 unspecified atom stereocenters. The van der Waals surface area contributed by atoms with E-state index in [0.29, 0.717) is 5.70 Å². The van der Waals surface area contributed by atoms with Gasteiger partial charge >= 0.3 is 0 Å². The van der Waals surface area contributed by atoms with Crippen molar-refractivity contribution in [1.29, 1.82) is 0 Å². The van der Waals surface area contributed by atoms with Crippen LogP contribution in [-0.4, -0.2) is 0 Å². The van der Waals surface area contributed by atoms with Crippen molar-refractivity contribution >= 4 is 0 Å². The number of terminal acetylenes is 1. The SMILES string of the molecule is C#C/C(C)=C(\N)C=C. The Bertz CT molecular complexity index is 158. The van der Waals surface area contributed by atoms with Gasteiger partial charge in [-0.1, -0.05) is 12.5 Å². The van der Waals surface area contributed by atoms with Crippen molar-refractivity contribution in [2.75, 3.05) is 0 Å². The molecule has 0 atom stereocenters. The molecular formula is C7H9N. The molecule has 1 nitrogen and oxygen atoms in total. The van der Waals surface area contributed by atoms with Crippen molar-refractivity contribution in [1.82, 2.24) is 0 Å². The number of allylic oxidation sites excluding steroid dienone is 2. The fourth-order valence-corrected chi connectivity index (χ4v) is 0.236. The summed E-state index contributed by atoms with van der Waals surface area (Å²) in [6, 6.07) is 0. The van der Waals surface area contributed by atoms with Crippen LogP contribution in [0.1, 0.15) is 6.92 Å². The highest BCUT2D eigenvalue weighted by atomic mass is 14.6. The second-order valence-electron chi connectivity index (χ2n) is 1.43. The molecule has 0 aromatic carbocycles. The molecule has 0 saturated heterocycles. The van der Waals surface area contributed by atoms with E-state index >= 15 is 0 Å². The average molecular weight is 107 g/mol. The molecule has 0 heterocycles. The Morgan fingerprint density at radius 1 is 1.88 bits per heavy atom. The van der Waals surface area contributed by atoms with Gasteiger partial charge in [-0.3, -0.25) is 0 Å². The van der Waals surface area contributed by atoms with Gasteiger partial charge in [-0.05, 0) is 13.0 Å². The summed E-state index contributed by atoms with van der Waals surface area (Å²) in [6.45, 7) is 5.23. The first kappa shape index (κ1) is 6.84. The predicted molar refractivity (Wildman–Crippen MR) is 35.9 cm³/mol. The Balaban J connectivity index is 4.33. The minimum atomic E-state index is 0.576. The molecule has 0 aliphatic carbocycles. The summed E-state index contributed by atoms with van der Waals surface area (Å²) in [6.07, 6.45) is 6.55. The maximum atomic E-state index is 5.35. The molecule has 0 saturated carbocycles. The van der Waals surface area contributed by atoms with E-state index in [4.69, 9.17) is 12.2 Å². The molecule has 1 heteroatoms. The van der Waals surface area contributed by atoms with Crippen LogP contribution in [0.15, 0.2) is 23.9 Å². The Morgan fingerprint density at radius 3 is 2.50 bits per heavy atom. The van der Waals surface area contributed by atoms with Gasteiger partial charge in [0.2, 0.25) is 0 Å². The molecule has 0 fully saturated rings. The van der Waals surface area contributed by atoms with Gasteiger partial charge < -0.3 is 5.73 Å². The largest absolute Gasteiger partial charge is 0.398 e. The second kappa shape index (κ2) is 2.92. The van der Waals surface area contributed by atoms with Crippen LogP contribution >= 0.6 is 0 Å². The molecule has 42 valence electrons. The predicted octanol–water partition coefficient (Wildman–Crippen LogP) is 1.04. The van der Waals surface area contributed by atoms with Gasteiger partial charge in [0.1, 0.15) is 0 Å². The fraction of sp³-hybridized carbons (Fsp3) is 0.143. The monoisotopic (exact) mass is 107 g/mol. The minimum Gasteiger partial charge on any atom is -0.398 e. The zero-order valence-electron chi connectivity index (χ0n) is 4.94. The van der Waals surface area contributed by atoms with E-state index in [1.54, 1.807) is 6.92 Å². The summed E-state index contributed by atoms with van der Waals surface area (Å²) >= 11 is 0. The average Bonchev–Trinajstić information content (AvgIpc) is 1.84. The minimum absolute atomic E-state index is 0.576. The van der Waals surface area contributed by atoms with Gasteiger partial charge in [0.25, 0.3) is 0 Å². The Labute approximate surface area is 49.9 Å². The fourth-order valence-electron chi connectivity index (χ4n) is 0.236. The van der Waals surface area contributed by atoms with Crippen molar-refractivity contribution in [3.63, 3.8) is 0 Å². The molecule has 8 heavy (non-hydrogen) atoms. The lowest BCUT2D eigenvalue weighted by molar-refractivity contribution is 1.35. The third-order valence-corrected chi connectivity index (χ3v) is 0.869. The van der Waals surface area contributed by atoms with Crippen LogP contribution in [0.4, 0.5) is 0 Å². The lowest BCUT2D eigenvalue weighted by atomic mass is 10.2. The first-order valence-electron chi connectivity index (χ1n) is 2.27. The van der Waals surface area contributed by atoms with E-state index in [1.165, 1.54) is 6.08 Å². The lowest BCUT2D eigenvalue weighted by Gasteiger charge is -1.90. The molecule has 0 aliphatic rings. The maximum absolute atomic E-state index is 5.35. The van der Waals surface area contributed by atoms with Gasteiger partial charge in [0.15, 0.2) is 0 Å². The summed E-state index contributed by atoms with van der Waals surface area (Å²) in [4.78, 5) is 0. The van der Waals surface area contributed by atoms with E-state index < -0.39 is 0 Å². The van der Waals surface area contributed by atoms with E-state index in [2.05, 4.69) is 12.5 Å². The topological polar surface area (TPSA) is 26.0 Å². The molecule has 0 aromatic rings. The Morgan fingerprint density at radius 2 is 2.38 bits per heavy atom. The van der Waals surface area contributed by atoms with Crippen LogP contribution in [0, 0.1) is 12.3 Å². The Kier molecular flexibility index (Phi) is 2.50. The van der Waals surface area contributed by atoms with Crippen LogP contribution in [0.25, 0.3) is 0 Å². The summed E-state index contributed by atoms with van der Waals surface area (Å²) in [5.74, 6) is 2.40. The van der Waals surface area contributed by atoms with Crippen LogP contribution in [0.2, 0.25) is 0 Å². The third kappa shape index (κ3) is 1.53. The summed E-state index contributed by atoms with van der Waals surface area (Å²) in [5.41, 5.74) is 6.66. The first-order valence-corrected chi connectivity index (χ1v) is 2.27. The summed E-state index contributed by atoms with van der Waals surface area (Å²) < 4.78 is 0. The Hall–Kier alpha value is -1.16. The normalized spacial score (nSPS) is 11.5. The molecule has 0 amide bonds. The van der Waals surface area contributed by atoms with Gasteiger partial charge in [0, 0.05) is 11.3 Å². The van der Waals surface area contributed by atoms with E-state index in [0.717, 1.165) is 5.57 Å².